The van der Waals surface area contributed by atoms with Crippen LogP contribution in [0.1, 0.15) is 124 Å². The smallest absolute Gasteiger partial charge is 0.315 e. The Morgan fingerprint density at radius 2 is 1.57 bits per heavy atom. The van der Waals surface area contributed by atoms with Gasteiger partial charge in [-0.3, -0.25) is 19.2 Å². The Hall–Kier alpha value is -3.78. The number of Topliss-reactive ketones (excluding diaryl/α,β-unsaturated/α-hetero) is 1. The van der Waals surface area contributed by atoms with Gasteiger partial charge in [-0.1, -0.05) is 102 Å². The van der Waals surface area contributed by atoms with Crippen molar-refractivity contribution < 1.29 is 37.1 Å². The highest BCUT2D eigenvalue weighted by Crippen LogP contribution is 2.65. The average molecular weight is 852 g/mol. The number of urea groups is 1. The van der Waals surface area contributed by atoms with Crippen LogP contribution in [0.4, 0.5) is 4.79 Å². The van der Waals surface area contributed by atoms with Gasteiger partial charge >= 0.3 is 6.03 Å². The van der Waals surface area contributed by atoms with Crippen molar-refractivity contribution in [3.63, 3.8) is 0 Å². The Morgan fingerprint density at radius 1 is 0.933 bits per heavy atom. The van der Waals surface area contributed by atoms with E-state index in [9.17, 15) is 27.6 Å². The number of nitrogens with zero attached hydrogens (tertiary/aromatic N) is 1. The molecule has 4 aliphatic carbocycles. The molecule has 4 saturated carbocycles. The third kappa shape index (κ3) is 10.3. The van der Waals surface area contributed by atoms with Gasteiger partial charge in [0, 0.05) is 24.4 Å². The number of carbonyl (C=O) groups is 5. The summed E-state index contributed by atoms with van der Waals surface area (Å²) in [4.78, 5) is 72.4. The molecule has 6 atom stereocenters. The first-order valence-electron chi connectivity index (χ1n) is 22.3. The fraction of sp³-hybridized carbons (Fsp3) is 0.717. The molecule has 14 heteroatoms. The number of sulfone groups is 1. The predicted octanol–water partition coefficient (Wildman–Crippen LogP) is 5.38. The highest BCUT2D eigenvalue weighted by Gasteiger charge is 2.72. The normalized spacial score (nSPS) is 26.8. The van der Waals surface area contributed by atoms with E-state index in [2.05, 4.69) is 34.8 Å². The second kappa shape index (κ2) is 18.3. The number of piperidine rings is 1. The summed E-state index contributed by atoms with van der Waals surface area (Å²) in [6.07, 6.45) is 11.3. The minimum absolute atomic E-state index is 0.0804. The minimum atomic E-state index is -3.60. The van der Waals surface area contributed by atoms with Crippen LogP contribution in [-0.4, -0.2) is 96.7 Å². The van der Waals surface area contributed by atoms with Crippen LogP contribution in [0.5, 0.6) is 0 Å². The first-order chi connectivity index (χ1) is 28.3. The summed E-state index contributed by atoms with van der Waals surface area (Å²) < 4.78 is 32.4. The number of benzene rings is 1. The SMILES string of the molecule is C=CCNC(=O)C(=O)C(CC1CC1)NC(=O)[C@@H]1C2C(CN1C(=O)[C@@H](NC(=O)NC1(CS(=O)(=O)C(C)(C)C)CCCCC1)C1(C)CCCCC1)C2(C)COCc1ccccc1. The molecule has 4 unspecified atom stereocenters. The van der Waals surface area contributed by atoms with Crippen LogP contribution in [0.2, 0.25) is 0 Å². The maximum absolute atomic E-state index is 15.3. The van der Waals surface area contributed by atoms with Gasteiger partial charge in [0.15, 0.2) is 9.84 Å². The van der Waals surface area contributed by atoms with Crippen LogP contribution in [0.3, 0.4) is 0 Å². The van der Waals surface area contributed by atoms with E-state index in [1.165, 1.54) is 6.08 Å². The van der Waals surface area contributed by atoms with E-state index < -0.39 is 72.7 Å². The molecule has 1 aromatic carbocycles. The van der Waals surface area contributed by atoms with Crippen LogP contribution in [0, 0.1) is 28.6 Å². The summed E-state index contributed by atoms with van der Waals surface area (Å²) in [5.74, 6) is -2.75. The van der Waals surface area contributed by atoms with Gasteiger partial charge in [-0.15, -0.1) is 6.58 Å². The molecule has 0 spiro atoms. The van der Waals surface area contributed by atoms with Crippen LogP contribution in [0.25, 0.3) is 0 Å². The predicted molar refractivity (Wildman–Crippen MR) is 230 cm³/mol. The number of likely N-dealkylation sites (tertiary alicyclic amines) is 1. The lowest BCUT2D eigenvalue weighted by Crippen LogP contribution is -2.65. The van der Waals surface area contributed by atoms with Gasteiger partial charge in [0.2, 0.25) is 17.6 Å². The molecular formula is C46H69N5O8S. The van der Waals surface area contributed by atoms with Gasteiger partial charge in [0.05, 0.1) is 35.3 Å². The summed E-state index contributed by atoms with van der Waals surface area (Å²) in [7, 11) is -3.60. The summed E-state index contributed by atoms with van der Waals surface area (Å²) in [6, 6.07) is 6.21. The van der Waals surface area contributed by atoms with Gasteiger partial charge in [-0.25, -0.2) is 13.2 Å². The van der Waals surface area contributed by atoms with Crippen LogP contribution in [-0.2, 0) is 40.4 Å². The lowest BCUT2D eigenvalue weighted by molar-refractivity contribution is -0.146. The van der Waals surface area contributed by atoms with Crippen LogP contribution >= 0.6 is 0 Å². The van der Waals surface area contributed by atoms with Gasteiger partial charge in [-0.2, -0.15) is 0 Å². The third-order valence-electron chi connectivity index (χ3n) is 14.4. The monoisotopic (exact) mass is 851 g/mol. The third-order valence-corrected chi connectivity index (χ3v) is 17.2. The molecular weight excluding hydrogens is 783 g/mol. The zero-order chi connectivity index (χ0) is 43.5. The Balaban J connectivity index is 1.28. The van der Waals surface area contributed by atoms with E-state index in [1.54, 1.807) is 25.7 Å². The number of hydrogen-bond donors (Lipinski definition) is 4. The molecule has 0 aromatic heterocycles. The van der Waals surface area contributed by atoms with E-state index in [-0.39, 0.29) is 42.5 Å². The molecule has 1 saturated heterocycles. The summed E-state index contributed by atoms with van der Waals surface area (Å²) in [6.45, 7) is 13.9. The number of rotatable bonds is 18. The van der Waals surface area contributed by atoms with Gasteiger partial charge in [0.25, 0.3) is 5.91 Å². The van der Waals surface area contributed by atoms with Crippen molar-refractivity contribution >= 4 is 39.4 Å². The number of nitrogens with one attached hydrogen (secondary N) is 4. The Kier molecular flexibility index (Phi) is 13.9. The highest BCUT2D eigenvalue weighted by atomic mass is 32.2. The van der Waals surface area contributed by atoms with Crippen molar-refractivity contribution in [2.24, 2.45) is 28.6 Å². The molecule has 0 bridgehead atoms. The standard InChI is InChI=1S/C46H69N5O8S/c1-7-25-47-40(54)37(52)34(26-31-19-20-31)48-39(53)36-35-33(45(35,6)29-59-28-32-17-11-8-12-18-32)27-51(36)41(55)38(44(5)21-13-9-14-22-44)49-42(56)50-46(23-15-10-16-24-46)30-60(57,58)43(2,3)4/h7-8,11-12,17-18,31,33-36,38H,1,9-10,13-16,19-30H2,2-6H3,(H,47,54)(H,48,53)(H2,49,50,56)/t33?,34?,35?,36-,38+,45?/m0/s1. The van der Waals surface area contributed by atoms with Crippen LogP contribution in [0.15, 0.2) is 43.0 Å². The molecule has 13 nitrogen and oxygen atoms in total. The van der Waals surface area contributed by atoms with Gasteiger partial charge in [-0.05, 0) is 75.7 Å². The summed E-state index contributed by atoms with van der Waals surface area (Å²) >= 11 is 0. The van der Waals surface area contributed by atoms with Crippen LogP contribution < -0.4 is 21.3 Å². The Morgan fingerprint density at radius 3 is 2.17 bits per heavy atom. The number of amides is 5. The van der Waals surface area contributed by atoms with Gasteiger partial charge < -0.3 is 30.9 Å². The van der Waals surface area contributed by atoms with Crippen molar-refractivity contribution in [1.82, 2.24) is 26.2 Å². The Bertz CT molecular complexity index is 1870. The molecule has 5 amide bonds. The number of ether oxygens (including phenoxy) is 1. The molecule has 60 heavy (non-hydrogen) atoms. The molecule has 0 radical (unpaired) electrons. The molecule has 332 valence electrons. The maximum Gasteiger partial charge on any atom is 0.315 e. The first kappa shape index (κ1) is 45.7. The quantitative estimate of drug-likeness (QED) is 0.112. The summed E-state index contributed by atoms with van der Waals surface area (Å²) in [5.41, 5.74) is -1.03. The van der Waals surface area contributed by atoms with E-state index in [1.807, 2.05) is 37.3 Å². The summed E-state index contributed by atoms with van der Waals surface area (Å²) in [5, 5.41) is 11.7. The average Bonchev–Trinajstić information content (AvgIpc) is 4.07. The first-order valence-corrected chi connectivity index (χ1v) is 23.9. The highest BCUT2D eigenvalue weighted by molar-refractivity contribution is 7.92. The molecule has 6 rings (SSSR count). The number of ketones is 1. The topological polar surface area (TPSA) is 180 Å². The zero-order valence-corrected chi connectivity index (χ0v) is 37.3. The number of fused-ring (bicyclic) bond motifs is 1. The lowest BCUT2D eigenvalue weighted by atomic mass is 9.70. The fourth-order valence-corrected chi connectivity index (χ4v) is 11.8. The van der Waals surface area contributed by atoms with E-state index in [4.69, 9.17) is 4.74 Å². The van der Waals surface area contributed by atoms with E-state index >= 15 is 4.79 Å². The van der Waals surface area contributed by atoms with Crippen molar-refractivity contribution in [3.8, 4) is 0 Å². The molecule has 1 heterocycles. The second-order valence-electron chi connectivity index (χ2n) is 20.1. The lowest BCUT2D eigenvalue weighted by Gasteiger charge is -2.44. The van der Waals surface area contributed by atoms with Crippen molar-refractivity contribution in [2.45, 2.75) is 153 Å². The number of hydrogen-bond acceptors (Lipinski definition) is 8. The Labute approximate surface area is 357 Å². The van der Waals surface area contributed by atoms with Crippen molar-refractivity contribution in [3.05, 3.63) is 48.6 Å². The molecule has 1 aromatic rings. The molecule has 5 aliphatic rings. The van der Waals surface area contributed by atoms with Gasteiger partial charge in [0.1, 0.15) is 12.1 Å². The maximum atomic E-state index is 15.3. The molecule has 5 fully saturated rings. The molecule has 4 N–H and O–H groups in total. The zero-order valence-electron chi connectivity index (χ0n) is 36.5. The number of carbonyl (C=O) groups excluding carboxylic acids is 5. The minimum Gasteiger partial charge on any atom is -0.376 e. The van der Waals surface area contributed by atoms with Crippen molar-refractivity contribution in [1.29, 1.82) is 0 Å². The second-order valence-corrected chi connectivity index (χ2v) is 22.9. The molecule has 1 aliphatic heterocycles. The van der Waals surface area contributed by atoms with E-state index in [0.29, 0.717) is 45.3 Å². The van der Waals surface area contributed by atoms with Crippen molar-refractivity contribution in [2.75, 3.05) is 25.4 Å². The van der Waals surface area contributed by atoms with E-state index in [0.717, 1.165) is 56.9 Å². The largest absolute Gasteiger partial charge is 0.376 e. The fourth-order valence-electron chi connectivity index (χ4n) is 10.3.